The van der Waals surface area contributed by atoms with Crippen molar-refractivity contribution in [1.82, 2.24) is 9.97 Å². The fourth-order valence-electron chi connectivity index (χ4n) is 1.33. The molecule has 2 aromatic rings. The third-order valence-electron chi connectivity index (χ3n) is 2.19. The first-order chi connectivity index (χ1) is 8.47. The molecular weight excluding hydrogens is 299 g/mol. The predicted octanol–water partition coefficient (Wildman–Crippen LogP) is 4.63. The minimum atomic E-state index is -0.506. The van der Waals surface area contributed by atoms with E-state index in [1.54, 1.807) is 13.1 Å². The van der Waals surface area contributed by atoms with Gasteiger partial charge < -0.3 is 5.32 Å². The summed E-state index contributed by atoms with van der Waals surface area (Å²) >= 11 is 17.5. The van der Waals surface area contributed by atoms with E-state index in [-0.39, 0.29) is 15.3 Å². The molecule has 18 heavy (non-hydrogen) atoms. The summed E-state index contributed by atoms with van der Waals surface area (Å²) in [7, 11) is 0. The van der Waals surface area contributed by atoms with Crippen molar-refractivity contribution in [2.45, 2.75) is 6.92 Å². The zero-order valence-electron chi connectivity index (χ0n) is 9.14. The van der Waals surface area contributed by atoms with E-state index < -0.39 is 5.82 Å². The summed E-state index contributed by atoms with van der Waals surface area (Å²) in [6, 6.07) is 2.32. The number of anilines is 2. The van der Waals surface area contributed by atoms with Crippen molar-refractivity contribution in [3.05, 3.63) is 45.0 Å². The van der Waals surface area contributed by atoms with Gasteiger partial charge in [0.25, 0.3) is 0 Å². The Balaban J connectivity index is 2.43. The molecule has 0 aliphatic rings. The van der Waals surface area contributed by atoms with Gasteiger partial charge in [-0.05, 0) is 30.7 Å². The van der Waals surface area contributed by atoms with E-state index in [2.05, 4.69) is 15.3 Å². The lowest BCUT2D eigenvalue weighted by molar-refractivity contribution is 0.628. The SMILES string of the molecule is Cc1cnc(Cl)nc1Nc1c(Cl)cc(F)cc1Cl. The van der Waals surface area contributed by atoms with Crippen LogP contribution in [0.5, 0.6) is 0 Å². The summed E-state index contributed by atoms with van der Waals surface area (Å²) in [5.41, 5.74) is 1.13. The molecule has 3 nitrogen and oxygen atoms in total. The van der Waals surface area contributed by atoms with E-state index in [0.29, 0.717) is 11.5 Å². The molecule has 0 saturated carbocycles. The zero-order valence-corrected chi connectivity index (χ0v) is 11.4. The molecule has 0 aliphatic carbocycles. The first-order valence-electron chi connectivity index (χ1n) is 4.88. The van der Waals surface area contributed by atoms with Gasteiger partial charge in [-0.25, -0.2) is 14.4 Å². The third kappa shape index (κ3) is 2.83. The molecule has 0 amide bonds. The smallest absolute Gasteiger partial charge is 0.224 e. The molecule has 0 aliphatic heterocycles. The van der Waals surface area contributed by atoms with Gasteiger partial charge in [0.05, 0.1) is 15.7 Å². The van der Waals surface area contributed by atoms with Crippen LogP contribution < -0.4 is 5.32 Å². The van der Waals surface area contributed by atoms with Gasteiger partial charge in [0, 0.05) is 11.8 Å². The van der Waals surface area contributed by atoms with Crippen molar-refractivity contribution in [3.8, 4) is 0 Å². The highest BCUT2D eigenvalue weighted by Crippen LogP contribution is 2.34. The Morgan fingerprint density at radius 2 is 1.78 bits per heavy atom. The van der Waals surface area contributed by atoms with Gasteiger partial charge in [-0.3, -0.25) is 0 Å². The molecule has 0 bridgehead atoms. The molecule has 0 spiro atoms. The number of aryl methyl sites for hydroxylation is 1. The van der Waals surface area contributed by atoms with Crippen LogP contribution >= 0.6 is 34.8 Å². The Kier molecular flexibility index (Phi) is 3.90. The molecular formula is C11H7Cl3FN3. The van der Waals surface area contributed by atoms with Gasteiger partial charge in [-0.2, -0.15) is 0 Å². The van der Waals surface area contributed by atoms with Gasteiger partial charge >= 0.3 is 0 Å². The molecule has 1 aromatic heterocycles. The van der Waals surface area contributed by atoms with Crippen LogP contribution in [-0.4, -0.2) is 9.97 Å². The molecule has 0 unspecified atom stereocenters. The second-order valence-corrected chi connectivity index (χ2v) is 4.69. The van der Waals surface area contributed by atoms with E-state index in [4.69, 9.17) is 34.8 Å². The maximum Gasteiger partial charge on any atom is 0.224 e. The lowest BCUT2D eigenvalue weighted by Crippen LogP contribution is -1.99. The van der Waals surface area contributed by atoms with Crippen LogP contribution in [0.2, 0.25) is 15.3 Å². The van der Waals surface area contributed by atoms with E-state index in [0.717, 1.165) is 17.7 Å². The monoisotopic (exact) mass is 305 g/mol. The number of nitrogens with zero attached hydrogens (tertiary/aromatic N) is 2. The highest BCUT2D eigenvalue weighted by atomic mass is 35.5. The minimum absolute atomic E-state index is 0.0949. The molecule has 2 rings (SSSR count). The first-order valence-corrected chi connectivity index (χ1v) is 6.01. The summed E-state index contributed by atoms with van der Waals surface area (Å²) in [6.07, 6.45) is 1.56. The lowest BCUT2D eigenvalue weighted by atomic mass is 10.3. The van der Waals surface area contributed by atoms with Crippen LogP contribution in [0.4, 0.5) is 15.9 Å². The van der Waals surface area contributed by atoms with Crippen LogP contribution in [0.15, 0.2) is 18.3 Å². The highest BCUT2D eigenvalue weighted by Gasteiger charge is 2.11. The van der Waals surface area contributed by atoms with Crippen molar-refractivity contribution in [2.75, 3.05) is 5.32 Å². The third-order valence-corrected chi connectivity index (χ3v) is 2.97. The van der Waals surface area contributed by atoms with Gasteiger partial charge in [0.2, 0.25) is 5.28 Å². The molecule has 94 valence electrons. The van der Waals surface area contributed by atoms with Crippen molar-refractivity contribution in [2.24, 2.45) is 0 Å². The average molecular weight is 307 g/mol. The number of hydrogen-bond acceptors (Lipinski definition) is 3. The van der Waals surface area contributed by atoms with E-state index >= 15 is 0 Å². The van der Waals surface area contributed by atoms with Crippen LogP contribution in [-0.2, 0) is 0 Å². The average Bonchev–Trinajstić information content (AvgIpc) is 2.28. The van der Waals surface area contributed by atoms with Crippen molar-refractivity contribution in [3.63, 3.8) is 0 Å². The van der Waals surface area contributed by atoms with E-state index in [9.17, 15) is 4.39 Å². The highest BCUT2D eigenvalue weighted by molar-refractivity contribution is 6.39. The minimum Gasteiger partial charge on any atom is -0.337 e. The number of benzene rings is 1. The molecule has 1 heterocycles. The van der Waals surface area contributed by atoms with Crippen LogP contribution in [0.25, 0.3) is 0 Å². The molecule has 1 N–H and O–H groups in total. The largest absolute Gasteiger partial charge is 0.337 e. The summed E-state index contributed by atoms with van der Waals surface area (Å²) in [6.45, 7) is 1.80. The topological polar surface area (TPSA) is 37.8 Å². The molecule has 0 saturated heterocycles. The predicted molar refractivity (Wildman–Crippen MR) is 71.5 cm³/mol. The molecule has 0 fully saturated rings. The Labute approximate surface area is 118 Å². The number of nitrogens with one attached hydrogen (secondary N) is 1. The normalized spacial score (nSPS) is 10.5. The fourth-order valence-corrected chi connectivity index (χ4v) is 2.02. The van der Waals surface area contributed by atoms with Crippen molar-refractivity contribution >= 4 is 46.3 Å². The summed E-state index contributed by atoms with van der Waals surface area (Å²) in [5.74, 6) is -0.0431. The number of rotatable bonds is 2. The summed E-state index contributed by atoms with van der Waals surface area (Å²) in [4.78, 5) is 7.83. The van der Waals surface area contributed by atoms with Crippen LogP contribution in [0.3, 0.4) is 0 Å². The quantitative estimate of drug-likeness (QED) is 0.822. The van der Waals surface area contributed by atoms with Gasteiger partial charge in [0.15, 0.2) is 0 Å². The van der Waals surface area contributed by atoms with Crippen molar-refractivity contribution < 1.29 is 4.39 Å². The number of hydrogen-bond donors (Lipinski definition) is 1. The van der Waals surface area contributed by atoms with Crippen molar-refractivity contribution in [1.29, 1.82) is 0 Å². The Morgan fingerprint density at radius 3 is 2.39 bits per heavy atom. The molecule has 0 radical (unpaired) electrons. The van der Waals surface area contributed by atoms with E-state index in [1.165, 1.54) is 0 Å². The van der Waals surface area contributed by atoms with Gasteiger partial charge in [0.1, 0.15) is 11.6 Å². The lowest BCUT2D eigenvalue weighted by Gasteiger charge is -2.11. The number of aromatic nitrogens is 2. The van der Waals surface area contributed by atoms with Gasteiger partial charge in [-0.1, -0.05) is 23.2 Å². The molecule has 1 aromatic carbocycles. The second-order valence-electron chi connectivity index (χ2n) is 3.54. The summed E-state index contributed by atoms with van der Waals surface area (Å²) in [5, 5.41) is 3.33. The maximum absolute atomic E-state index is 13.0. The zero-order chi connectivity index (χ0) is 13.3. The molecule has 7 heteroatoms. The summed E-state index contributed by atoms with van der Waals surface area (Å²) < 4.78 is 13.0. The standard InChI is InChI=1S/C11H7Cl3FN3/c1-5-4-16-11(14)18-10(5)17-9-7(12)2-6(15)3-8(9)13/h2-4H,1H3,(H,16,17,18). The Hall–Kier alpha value is -1.10. The van der Waals surface area contributed by atoms with Crippen LogP contribution in [0.1, 0.15) is 5.56 Å². The Morgan fingerprint density at radius 1 is 1.17 bits per heavy atom. The fraction of sp³-hybridized carbons (Fsp3) is 0.0909. The maximum atomic E-state index is 13.0. The molecule has 0 atom stereocenters. The van der Waals surface area contributed by atoms with E-state index in [1.807, 2.05) is 0 Å². The number of halogens is 4. The first kappa shape index (κ1) is 13.3. The Bertz CT molecular complexity index is 581. The van der Waals surface area contributed by atoms with Crippen LogP contribution in [0, 0.1) is 12.7 Å². The second kappa shape index (κ2) is 5.26. The van der Waals surface area contributed by atoms with Gasteiger partial charge in [-0.15, -0.1) is 0 Å².